The van der Waals surface area contributed by atoms with Crippen LogP contribution in [0.5, 0.6) is 0 Å². The Kier molecular flexibility index (Phi) is 6.61. The summed E-state index contributed by atoms with van der Waals surface area (Å²) in [4.78, 5) is 29.8. The first-order valence-corrected chi connectivity index (χ1v) is 11.0. The van der Waals surface area contributed by atoms with E-state index in [-0.39, 0.29) is 25.6 Å². The summed E-state index contributed by atoms with van der Waals surface area (Å²) in [5, 5.41) is 6.40. The van der Waals surface area contributed by atoms with Crippen molar-refractivity contribution in [1.82, 2.24) is 10.3 Å². The fourth-order valence-electron chi connectivity index (χ4n) is 3.85. The van der Waals surface area contributed by atoms with Gasteiger partial charge in [0.05, 0.1) is 30.2 Å². The Morgan fingerprint density at radius 1 is 1.17 bits per heavy atom. The van der Waals surface area contributed by atoms with Gasteiger partial charge in [-0.25, -0.2) is 9.78 Å². The number of hydrogen-bond donors (Lipinski definition) is 1. The van der Waals surface area contributed by atoms with E-state index < -0.39 is 17.4 Å². The summed E-state index contributed by atoms with van der Waals surface area (Å²) in [6.07, 6.45) is 0.264. The number of carbonyl (C=O) groups is 2. The van der Waals surface area contributed by atoms with Crippen molar-refractivity contribution in [3.05, 3.63) is 52.2 Å². The van der Waals surface area contributed by atoms with E-state index in [1.54, 1.807) is 25.2 Å². The molecule has 0 spiro atoms. The molecule has 7 heteroatoms. The summed E-state index contributed by atoms with van der Waals surface area (Å²) >= 11 is 1.60. The van der Waals surface area contributed by atoms with Crippen molar-refractivity contribution in [3.8, 4) is 10.6 Å². The summed E-state index contributed by atoms with van der Waals surface area (Å²) < 4.78 is 10.5. The number of nitrogens with one attached hydrogen (secondary N) is 1. The van der Waals surface area contributed by atoms with E-state index in [1.807, 2.05) is 50.4 Å². The highest BCUT2D eigenvalue weighted by Crippen LogP contribution is 2.40. The van der Waals surface area contributed by atoms with Crippen molar-refractivity contribution in [1.29, 1.82) is 0 Å². The molecule has 0 radical (unpaired) electrons. The maximum atomic E-state index is 12.9. The number of aryl methyl sites for hydroxylation is 1. The maximum Gasteiger partial charge on any atom is 0.335 e. The lowest BCUT2D eigenvalue weighted by atomic mass is 9.73. The fraction of sp³-hybridized carbons (Fsp3) is 0.435. The normalized spacial score (nSPS) is 21.2. The molecular formula is C23H28N2O4S. The molecule has 0 fully saturated rings. The van der Waals surface area contributed by atoms with Crippen LogP contribution in [0.1, 0.15) is 45.4 Å². The fourth-order valence-corrected chi connectivity index (χ4v) is 4.65. The summed E-state index contributed by atoms with van der Waals surface area (Å²) in [7, 11) is 0. The van der Waals surface area contributed by atoms with E-state index in [1.165, 1.54) is 0 Å². The van der Waals surface area contributed by atoms with Crippen LogP contribution in [0.15, 0.2) is 40.9 Å². The second kappa shape index (κ2) is 9.00. The number of hydrogen-bond acceptors (Lipinski definition) is 7. The van der Waals surface area contributed by atoms with Crippen LogP contribution in [0.2, 0.25) is 0 Å². The highest BCUT2D eigenvalue weighted by Gasteiger charge is 2.46. The zero-order valence-corrected chi connectivity index (χ0v) is 18.9. The van der Waals surface area contributed by atoms with Crippen molar-refractivity contribution in [2.45, 2.75) is 46.6 Å². The van der Waals surface area contributed by atoms with Crippen LogP contribution >= 0.6 is 11.3 Å². The Morgan fingerprint density at radius 3 is 2.40 bits per heavy atom. The first-order valence-electron chi connectivity index (χ1n) is 10.1. The summed E-state index contributed by atoms with van der Waals surface area (Å²) in [6.45, 7) is 9.91. The predicted molar refractivity (Wildman–Crippen MR) is 117 cm³/mol. The van der Waals surface area contributed by atoms with E-state index in [9.17, 15) is 9.59 Å². The SMILES string of the molecule is CCOC(=O)C1=C(C)NC(C)(c2ccc(-c3nc(C)cs3)cc2)C(C(=O)OCC)C1. The molecular weight excluding hydrogens is 400 g/mol. The first kappa shape index (κ1) is 22.0. The smallest absolute Gasteiger partial charge is 0.335 e. The minimum Gasteiger partial charge on any atom is -0.466 e. The number of aromatic nitrogens is 1. The Hall–Kier alpha value is -2.67. The lowest BCUT2D eigenvalue weighted by Gasteiger charge is -2.42. The van der Waals surface area contributed by atoms with Crippen LogP contribution in [-0.4, -0.2) is 30.1 Å². The van der Waals surface area contributed by atoms with Gasteiger partial charge in [0, 0.05) is 22.3 Å². The van der Waals surface area contributed by atoms with E-state index in [0.717, 1.165) is 27.5 Å². The van der Waals surface area contributed by atoms with Gasteiger partial charge in [-0.1, -0.05) is 24.3 Å². The molecule has 0 saturated carbocycles. The molecule has 2 heterocycles. The topological polar surface area (TPSA) is 77.5 Å². The molecule has 1 aromatic carbocycles. The van der Waals surface area contributed by atoms with Crippen LogP contribution in [0.25, 0.3) is 10.6 Å². The summed E-state index contributed by atoms with van der Waals surface area (Å²) in [6, 6.07) is 8.05. The number of ether oxygens (including phenoxy) is 2. The Labute approximate surface area is 181 Å². The minimum atomic E-state index is -0.719. The van der Waals surface area contributed by atoms with E-state index in [2.05, 4.69) is 10.3 Å². The number of carbonyl (C=O) groups excluding carboxylic acids is 2. The number of benzene rings is 1. The molecule has 6 nitrogen and oxygen atoms in total. The van der Waals surface area contributed by atoms with Gasteiger partial charge in [0.25, 0.3) is 0 Å². The quantitative estimate of drug-likeness (QED) is 0.690. The number of esters is 2. The second-order valence-electron chi connectivity index (χ2n) is 7.53. The molecule has 160 valence electrons. The van der Waals surface area contributed by atoms with Crippen molar-refractivity contribution in [3.63, 3.8) is 0 Å². The zero-order chi connectivity index (χ0) is 21.9. The molecule has 30 heavy (non-hydrogen) atoms. The van der Waals surface area contributed by atoms with Gasteiger partial charge in [-0.15, -0.1) is 11.3 Å². The second-order valence-corrected chi connectivity index (χ2v) is 8.39. The van der Waals surface area contributed by atoms with E-state index in [0.29, 0.717) is 5.57 Å². The lowest BCUT2D eigenvalue weighted by molar-refractivity contribution is -0.151. The molecule has 2 unspecified atom stereocenters. The van der Waals surface area contributed by atoms with Crippen LogP contribution < -0.4 is 5.32 Å². The molecule has 2 aromatic rings. The Morgan fingerprint density at radius 2 is 1.83 bits per heavy atom. The monoisotopic (exact) mass is 428 g/mol. The molecule has 3 rings (SSSR count). The largest absolute Gasteiger partial charge is 0.466 e. The molecule has 0 bridgehead atoms. The standard InChI is InChI=1S/C23H28N2O4S/c1-6-28-21(26)18-12-19(22(27)29-7-2)23(5,25-15(18)4)17-10-8-16(9-11-17)20-24-14(3)13-30-20/h8-11,13,19,25H,6-7,12H2,1-5H3. The molecule has 0 aliphatic carbocycles. The molecule has 1 aromatic heterocycles. The third-order valence-electron chi connectivity index (χ3n) is 5.45. The average molecular weight is 429 g/mol. The highest BCUT2D eigenvalue weighted by atomic mass is 32.1. The van der Waals surface area contributed by atoms with Crippen LogP contribution in [-0.2, 0) is 24.6 Å². The third-order valence-corrected chi connectivity index (χ3v) is 6.46. The molecule has 1 aliphatic heterocycles. The van der Waals surface area contributed by atoms with Crippen molar-refractivity contribution in [2.24, 2.45) is 5.92 Å². The van der Waals surface area contributed by atoms with Gasteiger partial charge in [0.2, 0.25) is 0 Å². The molecule has 1 N–H and O–H groups in total. The van der Waals surface area contributed by atoms with Gasteiger partial charge in [0.15, 0.2) is 0 Å². The molecule has 0 amide bonds. The first-order chi connectivity index (χ1) is 14.3. The van der Waals surface area contributed by atoms with Crippen molar-refractivity contribution >= 4 is 23.3 Å². The number of nitrogens with zero attached hydrogens (tertiary/aromatic N) is 1. The average Bonchev–Trinajstić information content (AvgIpc) is 3.14. The summed E-state index contributed by atoms with van der Waals surface area (Å²) in [5.74, 6) is -1.29. The highest BCUT2D eigenvalue weighted by molar-refractivity contribution is 7.13. The van der Waals surface area contributed by atoms with Crippen LogP contribution in [0, 0.1) is 12.8 Å². The predicted octanol–water partition coefficient (Wildman–Crippen LogP) is 4.34. The number of allylic oxidation sites excluding steroid dienone is 1. The number of thiazole rings is 1. The van der Waals surface area contributed by atoms with E-state index >= 15 is 0 Å². The third kappa shape index (κ3) is 4.26. The van der Waals surface area contributed by atoms with Crippen molar-refractivity contribution < 1.29 is 19.1 Å². The van der Waals surface area contributed by atoms with Gasteiger partial charge in [-0.05, 0) is 46.6 Å². The molecule has 2 atom stereocenters. The van der Waals surface area contributed by atoms with Gasteiger partial charge in [-0.3, -0.25) is 4.79 Å². The number of rotatable bonds is 6. The summed E-state index contributed by atoms with van der Waals surface area (Å²) in [5.41, 5.74) is 3.46. The van der Waals surface area contributed by atoms with Gasteiger partial charge in [0.1, 0.15) is 5.01 Å². The minimum absolute atomic E-state index is 0.264. The van der Waals surface area contributed by atoms with Gasteiger partial charge in [-0.2, -0.15) is 0 Å². The van der Waals surface area contributed by atoms with Crippen LogP contribution in [0.4, 0.5) is 0 Å². The Bertz CT molecular complexity index is 964. The zero-order valence-electron chi connectivity index (χ0n) is 18.1. The molecule has 0 saturated heterocycles. The maximum absolute atomic E-state index is 12.9. The van der Waals surface area contributed by atoms with Gasteiger partial charge < -0.3 is 14.8 Å². The Balaban J connectivity index is 1.98. The van der Waals surface area contributed by atoms with Crippen LogP contribution in [0.3, 0.4) is 0 Å². The molecule has 1 aliphatic rings. The van der Waals surface area contributed by atoms with E-state index in [4.69, 9.17) is 9.47 Å². The lowest BCUT2D eigenvalue weighted by Crippen LogP contribution is -2.52. The van der Waals surface area contributed by atoms with Gasteiger partial charge >= 0.3 is 11.9 Å². The van der Waals surface area contributed by atoms with Crippen molar-refractivity contribution in [2.75, 3.05) is 13.2 Å².